The first-order chi connectivity index (χ1) is 11.5. The van der Waals surface area contributed by atoms with E-state index in [1.807, 2.05) is 0 Å². The second kappa shape index (κ2) is 6.78. The topological polar surface area (TPSA) is 105 Å². The number of ether oxygens (including phenoxy) is 1. The number of sulfonamides is 1. The van der Waals surface area contributed by atoms with Gasteiger partial charge in [0.1, 0.15) is 5.75 Å². The van der Waals surface area contributed by atoms with Gasteiger partial charge in [0, 0.05) is 25.2 Å². The van der Waals surface area contributed by atoms with E-state index in [-0.39, 0.29) is 30.7 Å². The van der Waals surface area contributed by atoms with Gasteiger partial charge < -0.3 is 15.4 Å². The van der Waals surface area contributed by atoms with Crippen molar-refractivity contribution < 1.29 is 22.7 Å². The van der Waals surface area contributed by atoms with E-state index in [0.29, 0.717) is 30.1 Å². The Bertz CT molecular complexity index is 756. The minimum atomic E-state index is -3.31. The Morgan fingerprint density at radius 3 is 2.79 bits per heavy atom. The van der Waals surface area contributed by atoms with Crippen molar-refractivity contribution in [2.24, 2.45) is 0 Å². The maximum atomic E-state index is 12.1. The van der Waals surface area contributed by atoms with Crippen molar-refractivity contribution in [3.63, 3.8) is 0 Å². The fourth-order valence-corrected chi connectivity index (χ4v) is 4.14. The maximum Gasteiger partial charge on any atom is 0.262 e. The summed E-state index contributed by atoms with van der Waals surface area (Å²) < 4.78 is 30.9. The first-order valence-corrected chi connectivity index (χ1v) is 9.39. The van der Waals surface area contributed by atoms with Gasteiger partial charge in [-0.3, -0.25) is 9.59 Å². The first-order valence-electron chi connectivity index (χ1n) is 7.78. The standard InChI is InChI=1S/C15H19N3O5S/c19-14-10-23-13-9-11(3-4-12(13)17-14)15(20)16-5-8-24(21,22)18-6-1-2-7-18/h3-4,9H,1-2,5-8,10H2,(H,16,20)(H,17,19). The number of carbonyl (C=O) groups is 2. The van der Waals surface area contributed by atoms with Crippen LogP contribution in [0.3, 0.4) is 0 Å². The molecular weight excluding hydrogens is 334 g/mol. The molecule has 2 heterocycles. The molecule has 2 N–H and O–H groups in total. The molecule has 2 aliphatic rings. The summed E-state index contributed by atoms with van der Waals surface area (Å²) in [6, 6.07) is 4.67. The number of rotatable bonds is 5. The summed E-state index contributed by atoms with van der Waals surface area (Å²) in [4.78, 5) is 23.4. The van der Waals surface area contributed by atoms with Crippen LogP contribution in [0.25, 0.3) is 0 Å². The number of nitrogens with zero attached hydrogens (tertiary/aromatic N) is 1. The van der Waals surface area contributed by atoms with Crippen molar-refractivity contribution in [2.45, 2.75) is 12.8 Å². The van der Waals surface area contributed by atoms with Gasteiger partial charge in [0.2, 0.25) is 10.0 Å². The highest BCUT2D eigenvalue weighted by Gasteiger charge is 2.25. The van der Waals surface area contributed by atoms with E-state index in [9.17, 15) is 18.0 Å². The third-order valence-corrected chi connectivity index (χ3v) is 5.85. The smallest absolute Gasteiger partial charge is 0.262 e. The van der Waals surface area contributed by atoms with E-state index in [2.05, 4.69) is 10.6 Å². The Morgan fingerprint density at radius 2 is 2.04 bits per heavy atom. The van der Waals surface area contributed by atoms with Crippen molar-refractivity contribution in [3.8, 4) is 5.75 Å². The molecule has 9 heteroatoms. The molecular formula is C15H19N3O5S. The quantitative estimate of drug-likeness (QED) is 0.785. The first kappa shape index (κ1) is 16.7. The lowest BCUT2D eigenvalue weighted by molar-refractivity contribution is -0.118. The average Bonchev–Trinajstić information content (AvgIpc) is 3.09. The molecule has 1 aromatic carbocycles. The lowest BCUT2D eigenvalue weighted by Gasteiger charge is -2.18. The zero-order valence-corrected chi connectivity index (χ0v) is 13.9. The van der Waals surface area contributed by atoms with Crippen LogP contribution in [0.15, 0.2) is 18.2 Å². The summed E-state index contributed by atoms with van der Waals surface area (Å²) in [6.07, 6.45) is 1.77. The molecule has 2 amide bonds. The molecule has 0 bridgehead atoms. The fraction of sp³-hybridized carbons (Fsp3) is 0.467. The average molecular weight is 353 g/mol. The lowest BCUT2D eigenvalue weighted by Crippen LogP contribution is -2.36. The number of carbonyl (C=O) groups excluding carboxylic acids is 2. The predicted molar refractivity (Wildman–Crippen MR) is 87.5 cm³/mol. The Balaban J connectivity index is 1.56. The largest absolute Gasteiger partial charge is 0.482 e. The second-order valence-electron chi connectivity index (χ2n) is 5.73. The van der Waals surface area contributed by atoms with Crippen LogP contribution in [0, 0.1) is 0 Å². The van der Waals surface area contributed by atoms with Gasteiger partial charge in [0.05, 0.1) is 11.4 Å². The molecule has 1 aromatic rings. The van der Waals surface area contributed by atoms with Crippen LogP contribution in [0.4, 0.5) is 5.69 Å². The van der Waals surface area contributed by atoms with Gasteiger partial charge in [-0.2, -0.15) is 0 Å². The van der Waals surface area contributed by atoms with E-state index >= 15 is 0 Å². The van der Waals surface area contributed by atoms with Crippen molar-refractivity contribution in [1.82, 2.24) is 9.62 Å². The molecule has 0 atom stereocenters. The lowest BCUT2D eigenvalue weighted by atomic mass is 10.1. The van der Waals surface area contributed by atoms with Crippen LogP contribution in [0.1, 0.15) is 23.2 Å². The summed E-state index contributed by atoms with van der Waals surface area (Å²) in [5, 5.41) is 5.25. The highest BCUT2D eigenvalue weighted by atomic mass is 32.2. The Labute approximate surface area is 140 Å². The molecule has 3 rings (SSSR count). The molecule has 0 aliphatic carbocycles. The van der Waals surface area contributed by atoms with Gasteiger partial charge in [-0.25, -0.2) is 12.7 Å². The number of hydrogen-bond donors (Lipinski definition) is 2. The zero-order chi connectivity index (χ0) is 17.2. The summed E-state index contributed by atoms with van der Waals surface area (Å²) >= 11 is 0. The van der Waals surface area contributed by atoms with Gasteiger partial charge >= 0.3 is 0 Å². The Morgan fingerprint density at radius 1 is 1.29 bits per heavy atom. The third kappa shape index (κ3) is 3.68. The Hall–Kier alpha value is -2.13. The monoisotopic (exact) mass is 353 g/mol. The van der Waals surface area contributed by atoms with Crippen LogP contribution in [-0.2, 0) is 14.8 Å². The summed E-state index contributed by atoms with van der Waals surface area (Å²) in [6.45, 7) is 1.08. The molecule has 0 saturated carbocycles. The minimum Gasteiger partial charge on any atom is -0.482 e. The van der Waals surface area contributed by atoms with Crippen LogP contribution >= 0.6 is 0 Å². The van der Waals surface area contributed by atoms with Crippen molar-refractivity contribution >= 4 is 27.5 Å². The highest BCUT2D eigenvalue weighted by molar-refractivity contribution is 7.89. The van der Waals surface area contributed by atoms with Gasteiger partial charge in [-0.05, 0) is 31.0 Å². The van der Waals surface area contributed by atoms with E-state index < -0.39 is 10.0 Å². The molecule has 1 saturated heterocycles. The molecule has 2 aliphatic heterocycles. The molecule has 0 unspecified atom stereocenters. The SMILES string of the molecule is O=C1COc2cc(C(=O)NCCS(=O)(=O)N3CCCC3)ccc2N1. The molecule has 0 radical (unpaired) electrons. The van der Waals surface area contributed by atoms with E-state index in [1.54, 1.807) is 12.1 Å². The van der Waals surface area contributed by atoms with Crippen molar-refractivity contribution in [1.29, 1.82) is 0 Å². The maximum absolute atomic E-state index is 12.1. The number of anilines is 1. The third-order valence-electron chi connectivity index (χ3n) is 3.98. The summed E-state index contributed by atoms with van der Waals surface area (Å²) in [5.41, 5.74) is 0.864. The fourth-order valence-electron chi connectivity index (χ4n) is 2.71. The van der Waals surface area contributed by atoms with E-state index in [1.165, 1.54) is 10.4 Å². The summed E-state index contributed by atoms with van der Waals surface area (Å²) in [5.74, 6) is -0.315. The zero-order valence-electron chi connectivity index (χ0n) is 13.1. The summed E-state index contributed by atoms with van der Waals surface area (Å²) in [7, 11) is -3.31. The van der Waals surface area contributed by atoms with Gasteiger partial charge in [-0.15, -0.1) is 0 Å². The van der Waals surface area contributed by atoms with Gasteiger partial charge in [0.15, 0.2) is 6.61 Å². The number of hydrogen-bond acceptors (Lipinski definition) is 5. The van der Waals surface area contributed by atoms with Crippen LogP contribution in [-0.4, -0.2) is 56.5 Å². The normalized spacial score (nSPS) is 17.8. The van der Waals surface area contributed by atoms with Crippen molar-refractivity contribution in [3.05, 3.63) is 23.8 Å². The highest BCUT2D eigenvalue weighted by Crippen LogP contribution is 2.28. The van der Waals surface area contributed by atoms with Crippen LogP contribution in [0.5, 0.6) is 5.75 Å². The molecule has 8 nitrogen and oxygen atoms in total. The molecule has 0 aromatic heterocycles. The van der Waals surface area contributed by atoms with Crippen LogP contribution in [0.2, 0.25) is 0 Å². The van der Waals surface area contributed by atoms with E-state index in [4.69, 9.17) is 4.74 Å². The molecule has 24 heavy (non-hydrogen) atoms. The molecule has 130 valence electrons. The predicted octanol–water partition coefficient (Wildman–Crippen LogP) is 0.173. The number of amides is 2. The minimum absolute atomic E-state index is 0.0480. The van der Waals surface area contributed by atoms with Crippen LogP contribution < -0.4 is 15.4 Å². The molecule has 1 fully saturated rings. The van der Waals surface area contributed by atoms with Gasteiger partial charge in [0.25, 0.3) is 11.8 Å². The Kier molecular flexibility index (Phi) is 4.72. The van der Waals surface area contributed by atoms with Crippen molar-refractivity contribution in [2.75, 3.05) is 37.3 Å². The number of benzene rings is 1. The second-order valence-corrected chi connectivity index (χ2v) is 7.81. The number of fused-ring (bicyclic) bond motifs is 1. The van der Waals surface area contributed by atoms with Gasteiger partial charge in [-0.1, -0.05) is 0 Å². The molecule has 0 spiro atoms. The van der Waals surface area contributed by atoms with E-state index in [0.717, 1.165) is 12.8 Å². The number of nitrogens with one attached hydrogen (secondary N) is 2.